The van der Waals surface area contributed by atoms with Crippen molar-refractivity contribution in [2.24, 2.45) is 52.5 Å². The summed E-state index contributed by atoms with van der Waals surface area (Å²) in [6.45, 7) is 19.9. The molecule has 0 aromatic carbocycles. The first-order chi connectivity index (χ1) is 27.5. The molecule has 7 amide bonds. The number of amides is 7. The minimum absolute atomic E-state index is 0.0233. The van der Waals surface area contributed by atoms with Crippen molar-refractivity contribution in [1.82, 2.24) is 31.9 Å². The van der Waals surface area contributed by atoms with Gasteiger partial charge in [0.15, 0.2) is 0 Å². The Morgan fingerprint density at radius 3 is 0.915 bits per heavy atom. The van der Waals surface area contributed by atoms with E-state index in [4.69, 9.17) is 22.9 Å². The number of hydrogen-bond acceptors (Lipinski definition) is 10. The number of nitrogens with one attached hydrogen (secondary N) is 6. The van der Waals surface area contributed by atoms with Gasteiger partial charge in [0.25, 0.3) is 0 Å². The summed E-state index contributed by atoms with van der Waals surface area (Å²) in [6, 6.07) is -6.93. The van der Waals surface area contributed by atoms with Crippen molar-refractivity contribution >= 4 is 41.4 Å². The predicted molar refractivity (Wildman–Crippen MR) is 232 cm³/mol. The predicted octanol–water partition coefficient (Wildman–Crippen LogP) is 1.20. The van der Waals surface area contributed by atoms with Crippen LogP contribution in [0.2, 0.25) is 0 Å². The van der Waals surface area contributed by atoms with E-state index in [-0.39, 0.29) is 55.3 Å². The Morgan fingerprint density at radius 2 is 0.627 bits per heavy atom. The molecule has 0 unspecified atom stereocenters. The molecule has 0 fully saturated rings. The summed E-state index contributed by atoms with van der Waals surface area (Å²) in [5.41, 5.74) is 23.0. The molecule has 7 atom stereocenters. The molecule has 0 radical (unpaired) electrons. The van der Waals surface area contributed by atoms with Crippen LogP contribution in [-0.2, 0) is 33.6 Å². The number of unbranched alkanes of at least 4 members (excludes halogenated alkanes) is 2. The molecule has 0 spiro atoms. The lowest BCUT2D eigenvalue weighted by Gasteiger charge is -2.29. The zero-order valence-corrected chi connectivity index (χ0v) is 37.8. The summed E-state index contributed by atoms with van der Waals surface area (Å²) in [7, 11) is 0. The van der Waals surface area contributed by atoms with Crippen LogP contribution in [0.4, 0.5) is 0 Å². The molecular weight excluding hydrogens is 757 g/mol. The Labute approximate surface area is 353 Å². The molecule has 0 aliphatic rings. The van der Waals surface area contributed by atoms with E-state index >= 15 is 0 Å². The van der Waals surface area contributed by atoms with E-state index in [1.165, 1.54) is 0 Å². The van der Waals surface area contributed by atoms with E-state index in [9.17, 15) is 33.6 Å². The van der Waals surface area contributed by atoms with Crippen molar-refractivity contribution in [1.29, 1.82) is 0 Å². The third-order valence-electron chi connectivity index (χ3n) is 9.61. The van der Waals surface area contributed by atoms with Gasteiger partial charge in [-0.1, -0.05) is 69.2 Å². The average Bonchev–Trinajstić information content (AvgIpc) is 3.11. The average molecular weight is 839 g/mol. The van der Waals surface area contributed by atoms with Gasteiger partial charge in [-0.25, -0.2) is 0 Å². The van der Waals surface area contributed by atoms with Gasteiger partial charge in [-0.2, -0.15) is 0 Å². The van der Waals surface area contributed by atoms with Crippen LogP contribution in [0, 0.1) is 29.6 Å². The third-order valence-corrected chi connectivity index (χ3v) is 9.61. The van der Waals surface area contributed by atoms with Crippen LogP contribution in [0.5, 0.6) is 0 Å². The fraction of sp³-hybridized carbons (Fsp3) is 0.833. The fourth-order valence-electron chi connectivity index (χ4n) is 6.61. The van der Waals surface area contributed by atoms with Gasteiger partial charge in [-0.3, -0.25) is 33.6 Å². The first-order valence-electron chi connectivity index (χ1n) is 21.8. The summed E-state index contributed by atoms with van der Waals surface area (Å²) in [6.07, 6.45) is 4.24. The highest BCUT2D eigenvalue weighted by Crippen LogP contribution is 2.14. The molecule has 14 N–H and O–H groups in total. The molecule has 17 nitrogen and oxygen atoms in total. The fourth-order valence-corrected chi connectivity index (χ4v) is 6.61. The van der Waals surface area contributed by atoms with Crippen molar-refractivity contribution in [2.45, 2.75) is 182 Å². The van der Waals surface area contributed by atoms with Gasteiger partial charge in [0.05, 0.1) is 6.04 Å². The maximum absolute atomic E-state index is 14.0. The Bertz CT molecular complexity index is 1310. The highest BCUT2D eigenvalue weighted by Gasteiger charge is 2.34. The quantitative estimate of drug-likeness (QED) is 0.0445. The van der Waals surface area contributed by atoms with Gasteiger partial charge in [0.2, 0.25) is 41.4 Å². The molecule has 0 heterocycles. The van der Waals surface area contributed by atoms with Crippen LogP contribution in [0.15, 0.2) is 0 Å². The van der Waals surface area contributed by atoms with Crippen molar-refractivity contribution in [3.8, 4) is 0 Å². The summed E-state index contributed by atoms with van der Waals surface area (Å²) in [5, 5.41) is 16.7. The van der Waals surface area contributed by atoms with Crippen LogP contribution < -0.4 is 54.8 Å². The lowest BCUT2D eigenvalue weighted by molar-refractivity contribution is -0.136. The first kappa shape index (κ1) is 55.2. The zero-order valence-electron chi connectivity index (χ0n) is 37.8. The number of hydrogen-bond donors (Lipinski definition) is 10. The van der Waals surface area contributed by atoms with Crippen LogP contribution in [0.25, 0.3) is 0 Å². The summed E-state index contributed by atoms with van der Waals surface area (Å²) in [4.78, 5) is 94.3. The van der Waals surface area contributed by atoms with Gasteiger partial charge in [0, 0.05) is 0 Å². The molecule has 0 aromatic rings. The zero-order chi connectivity index (χ0) is 45.4. The van der Waals surface area contributed by atoms with E-state index in [0.717, 1.165) is 0 Å². The standard InChI is InChI=1S/C42H82N10O7/c1-24(2)19-29(45)37(54)49-32(20-25(3)4)41(58)52-35(23-28(9)10)42(59)51-34(22-27(7)8)40(57)48-31(16-12-14-18-44)38(55)50-33(21-26(5)6)39(56)47-30(36(46)53)15-11-13-17-43/h24-35H,11-23,43-45H2,1-10H3,(H2,46,53)(H,47,56)(H,48,57)(H,49,54)(H,50,55)(H,51,59)(H,52,58)/t29-,30-,31-,32-,33-,34-,35-/m0/s1. The number of nitrogens with two attached hydrogens (primary N) is 4. The minimum Gasteiger partial charge on any atom is -0.368 e. The monoisotopic (exact) mass is 839 g/mol. The Morgan fingerprint density at radius 1 is 0.373 bits per heavy atom. The Balaban J connectivity index is 6.38. The maximum Gasteiger partial charge on any atom is 0.243 e. The lowest BCUT2D eigenvalue weighted by atomic mass is 9.98. The number of carbonyl (C=O) groups excluding carboxylic acids is 7. The minimum atomic E-state index is -1.09. The summed E-state index contributed by atoms with van der Waals surface area (Å²) >= 11 is 0. The van der Waals surface area contributed by atoms with Crippen molar-refractivity contribution in [3.63, 3.8) is 0 Å². The molecule has 59 heavy (non-hydrogen) atoms. The van der Waals surface area contributed by atoms with E-state index < -0.39 is 83.6 Å². The van der Waals surface area contributed by atoms with Gasteiger partial charge >= 0.3 is 0 Å². The molecule has 342 valence electrons. The molecular formula is C42H82N10O7. The highest BCUT2D eigenvalue weighted by atomic mass is 16.2. The second-order valence-corrected chi connectivity index (χ2v) is 18.1. The van der Waals surface area contributed by atoms with Crippen LogP contribution in [0.1, 0.15) is 140 Å². The number of carbonyl (C=O) groups is 7. The Kier molecular flexibility index (Phi) is 27.5. The molecule has 0 aromatic heterocycles. The largest absolute Gasteiger partial charge is 0.368 e. The molecule has 0 saturated carbocycles. The van der Waals surface area contributed by atoms with Gasteiger partial charge in [-0.15, -0.1) is 0 Å². The smallest absolute Gasteiger partial charge is 0.243 e. The molecule has 0 bridgehead atoms. The second kappa shape index (κ2) is 29.4. The SMILES string of the molecule is CC(C)C[C@H](NC(=O)[C@H](CCCCN)NC(=O)[C@H](CC(C)C)NC(=O)[C@H](CC(C)C)NC(=O)[C@H](CC(C)C)NC(=O)[C@@H](N)CC(C)C)C(=O)N[C@@H](CCCCN)C(N)=O. The summed E-state index contributed by atoms with van der Waals surface area (Å²) in [5.74, 6) is -3.99. The van der Waals surface area contributed by atoms with Gasteiger partial charge in [0.1, 0.15) is 36.3 Å². The second-order valence-electron chi connectivity index (χ2n) is 18.1. The number of rotatable bonds is 31. The molecule has 0 rings (SSSR count). The van der Waals surface area contributed by atoms with E-state index in [1.54, 1.807) is 0 Å². The van der Waals surface area contributed by atoms with Crippen molar-refractivity contribution in [2.75, 3.05) is 13.1 Å². The topological polar surface area (TPSA) is 296 Å². The van der Waals surface area contributed by atoms with Gasteiger partial charge in [-0.05, 0) is 113 Å². The van der Waals surface area contributed by atoms with Crippen molar-refractivity contribution in [3.05, 3.63) is 0 Å². The molecule has 0 aliphatic carbocycles. The maximum atomic E-state index is 14.0. The Hall–Kier alpha value is -3.83. The summed E-state index contributed by atoms with van der Waals surface area (Å²) < 4.78 is 0. The van der Waals surface area contributed by atoms with Crippen LogP contribution >= 0.6 is 0 Å². The first-order valence-corrected chi connectivity index (χ1v) is 21.8. The van der Waals surface area contributed by atoms with E-state index in [2.05, 4.69) is 31.9 Å². The molecule has 17 heteroatoms. The van der Waals surface area contributed by atoms with Crippen molar-refractivity contribution < 1.29 is 33.6 Å². The van der Waals surface area contributed by atoms with Gasteiger partial charge < -0.3 is 54.8 Å². The van der Waals surface area contributed by atoms with Crippen LogP contribution in [-0.4, -0.2) is 96.7 Å². The molecule has 0 aliphatic heterocycles. The molecule has 0 saturated heterocycles. The highest BCUT2D eigenvalue weighted by molar-refractivity contribution is 5.97. The van der Waals surface area contributed by atoms with E-state index in [0.29, 0.717) is 58.0 Å². The normalized spacial score (nSPS) is 15.2. The number of primary amides is 1. The lowest BCUT2D eigenvalue weighted by Crippen LogP contribution is -2.60. The third kappa shape index (κ3) is 24.1. The van der Waals surface area contributed by atoms with E-state index in [1.807, 2.05) is 69.2 Å². The van der Waals surface area contributed by atoms with Crippen LogP contribution in [0.3, 0.4) is 0 Å².